The van der Waals surface area contributed by atoms with Crippen molar-refractivity contribution in [3.8, 4) is 5.75 Å². The lowest BCUT2D eigenvalue weighted by Crippen LogP contribution is -2.32. The van der Waals surface area contributed by atoms with E-state index in [0.29, 0.717) is 36.5 Å². The van der Waals surface area contributed by atoms with Crippen molar-refractivity contribution in [3.63, 3.8) is 0 Å². The van der Waals surface area contributed by atoms with Gasteiger partial charge in [0.25, 0.3) is 0 Å². The van der Waals surface area contributed by atoms with E-state index in [-0.39, 0.29) is 0 Å². The average molecular weight is 478 g/mol. The maximum absolute atomic E-state index is 12.8. The number of carbonyl (C=O) groups is 2. The molecule has 0 amide bonds. The molecule has 7 nitrogen and oxygen atoms in total. The van der Waals surface area contributed by atoms with Crippen molar-refractivity contribution in [3.05, 3.63) is 58.1 Å². The zero-order chi connectivity index (χ0) is 22.8. The number of benzene rings is 2. The molecule has 166 valence electrons. The van der Waals surface area contributed by atoms with Crippen LogP contribution in [-0.2, 0) is 32.2 Å². The zero-order valence-corrected chi connectivity index (χ0v) is 17.2. The smallest absolute Gasteiger partial charge is 0.416 e. The fraction of sp³-hybridized carbons (Fsp3) is 0.263. The Morgan fingerprint density at radius 1 is 1.16 bits per heavy atom. The molecule has 0 aromatic heterocycles. The third-order valence-corrected chi connectivity index (χ3v) is 6.21. The molecule has 3 rings (SSSR count). The molecule has 0 atom stereocenters. The molecule has 2 aromatic rings. The minimum absolute atomic E-state index is 0.299. The summed E-state index contributed by atoms with van der Waals surface area (Å²) in [6.07, 6.45) is -4.13. The molecule has 0 unspecified atom stereocenters. The maximum atomic E-state index is 12.8. The van der Waals surface area contributed by atoms with E-state index in [2.05, 4.69) is 0 Å². The Morgan fingerprint density at radius 3 is 2.61 bits per heavy atom. The first-order valence-corrected chi connectivity index (χ1v) is 10.6. The summed E-state index contributed by atoms with van der Waals surface area (Å²) in [4.78, 5) is 23.1. The first-order valence-electron chi connectivity index (χ1n) is 8.78. The van der Waals surface area contributed by atoms with Crippen LogP contribution < -0.4 is 9.46 Å². The number of nitrogens with one attached hydrogen (secondary N) is 1. The minimum Gasteiger partial charge on any atom is -0.493 e. The van der Waals surface area contributed by atoms with Gasteiger partial charge in [0.05, 0.1) is 17.2 Å². The second kappa shape index (κ2) is 8.85. The van der Waals surface area contributed by atoms with Crippen molar-refractivity contribution in [2.75, 3.05) is 19.8 Å². The van der Waals surface area contributed by atoms with Gasteiger partial charge in [0.15, 0.2) is 12.4 Å². The van der Waals surface area contributed by atoms with Crippen LogP contribution in [0.1, 0.15) is 21.5 Å². The number of sulfonamides is 1. The first-order chi connectivity index (χ1) is 14.5. The van der Waals surface area contributed by atoms with Crippen LogP contribution in [0.2, 0.25) is 5.02 Å². The number of halogens is 4. The Morgan fingerprint density at radius 2 is 1.90 bits per heavy atom. The molecule has 1 heterocycles. The van der Waals surface area contributed by atoms with Gasteiger partial charge >= 0.3 is 12.1 Å². The molecule has 0 aliphatic carbocycles. The lowest BCUT2D eigenvalue weighted by atomic mass is 10.1. The van der Waals surface area contributed by atoms with Crippen molar-refractivity contribution in [2.45, 2.75) is 17.5 Å². The van der Waals surface area contributed by atoms with E-state index in [1.807, 2.05) is 4.72 Å². The average Bonchev–Trinajstić information content (AvgIpc) is 3.17. The highest BCUT2D eigenvalue weighted by atomic mass is 35.5. The van der Waals surface area contributed by atoms with E-state index in [9.17, 15) is 31.2 Å². The number of ether oxygens (including phenoxy) is 2. The molecule has 12 heteroatoms. The Kier molecular flexibility index (Phi) is 6.58. The van der Waals surface area contributed by atoms with Crippen molar-refractivity contribution in [1.29, 1.82) is 0 Å². The summed E-state index contributed by atoms with van der Waals surface area (Å²) in [6.45, 7) is -1.03. The van der Waals surface area contributed by atoms with E-state index < -0.39 is 56.6 Å². The predicted molar refractivity (Wildman–Crippen MR) is 103 cm³/mol. The molecule has 2 aromatic carbocycles. The van der Waals surface area contributed by atoms with E-state index in [4.69, 9.17) is 21.1 Å². The molecule has 0 saturated carbocycles. The van der Waals surface area contributed by atoms with E-state index >= 15 is 0 Å². The Bertz CT molecular complexity index is 1130. The predicted octanol–water partition coefficient (Wildman–Crippen LogP) is 3.00. The maximum Gasteiger partial charge on any atom is 0.416 e. The van der Waals surface area contributed by atoms with Gasteiger partial charge in [-0.15, -0.1) is 0 Å². The van der Waals surface area contributed by atoms with Crippen LogP contribution in [0.3, 0.4) is 0 Å². The zero-order valence-electron chi connectivity index (χ0n) is 15.7. The third kappa shape index (κ3) is 5.54. The fourth-order valence-corrected chi connectivity index (χ4v) is 4.25. The van der Waals surface area contributed by atoms with Gasteiger partial charge in [0.2, 0.25) is 10.0 Å². The highest BCUT2D eigenvalue weighted by Crippen LogP contribution is 2.33. The van der Waals surface area contributed by atoms with E-state index in [1.54, 1.807) is 12.1 Å². The summed E-state index contributed by atoms with van der Waals surface area (Å²) in [5.74, 6) is -0.924. The van der Waals surface area contributed by atoms with Gasteiger partial charge in [-0.25, -0.2) is 8.42 Å². The first kappa shape index (κ1) is 23.0. The summed E-state index contributed by atoms with van der Waals surface area (Å²) in [7, 11) is -4.55. The largest absolute Gasteiger partial charge is 0.493 e. The van der Waals surface area contributed by atoms with E-state index in [1.165, 1.54) is 6.07 Å². The molecule has 0 spiro atoms. The number of ketones is 1. The quantitative estimate of drug-likeness (QED) is 0.486. The number of esters is 1. The summed E-state index contributed by atoms with van der Waals surface area (Å²) >= 11 is 5.70. The Hall–Kier alpha value is -2.63. The van der Waals surface area contributed by atoms with Crippen LogP contribution in [0.4, 0.5) is 13.2 Å². The van der Waals surface area contributed by atoms with Gasteiger partial charge < -0.3 is 9.47 Å². The van der Waals surface area contributed by atoms with Crippen LogP contribution in [0.15, 0.2) is 41.3 Å². The standard InChI is InChI=1S/C19H15ClF3NO6S/c20-14-3-2-13(19(21,22)23)8-17(14)31(27,28)24-9-18(26)30-10-15(25)11-1-4-16-12(7-11)5-6-29-16/h1-4,7-8,24H,5-6,9-10H2. The van der Waals surface area contributed by atoms with Crippen LogP contribution >= 0.6 is 11.6 Å². The Labute approximate surface area is 180 Å². The number of rotatable bonds is 7. The van der Waals surface area contributed by atoms with Gasteiger partial charge in [0.1, 0.15) is 17.2 Å². The molecule has 0 fully saturated rings. The van der Waals surface area contributed by atoms with Crippen LogP contribution in [-0.4, -0.2) is 39.9 Å². The minimum atomic E-state index is -4.78. The van der Waals surface area contributed by atoms with Crippen LogP contribution in [0.5, 0.6) is 5.75 Å². The van der Waals surface area contributed by atoms with Crippen LogP contribution in [0.25, 0.3) is 0 Å². The molecular weight excluding hydrogens is 463 g/mol. The fourth-order valence-electron chi connectivity index (χ4n) is 2.76. The second-order valence-corrected chi connectivity index (χ2v) is 8.61. The van der Waals surface area contributed by atoms with Crippen molar-refractivity contribution in [2.24, 2.45) is 0 Å². The summed E-state index contributed by atoms with van der Waals surface area (Å²) in [5, 5.41) is -0.454. The summed E-state index contributed by atoms with van der Waals surface area (Å²) in [6, 6.07) is 6.54. The van der Waals surface area contributed by atoms with E-state index in [0.717, 1.165) is 11.6 Å². The van der Waals surface area contributed by atoms with Gasteiger partial charge in [0, 0.05) is 12.0 Å². The van der Waals surface area contributed by atoms with Crippen molar-refractivity contribution in [1.82, 2.24) is 4.72 Å². The van der Waals surface area contributed by atoms with Gasteiger partial charge in [-0.1, -0.05) is 11.6 Å². The number of carbonyl (C=O) groups excluding carboxylic acids is 2. The molecule has 1 aliphatic rings. The molecule has 0 bridgehead atoms. The monoisotopic (exact) mass is 477 g/mol. The molecular formula is C19H15ClF3NO6S. The number of Topliss-reactive ketones (excluding diaryl/α,β-unsaturated/α-hetero) is 1. The molecule has 0 radical (unpaired) electrons. The topological polar surface area (TPSA) is 98.8 Å². The molecule has 0 saturated heterocycles. The number of hydrogen-bond donors (Lipinski definition) is 1. The lowest BCUT2D eigenvalue weighted by Gasteiger charge is -2.12. The van der Waals surface area contributed by atoms with Crippen molar-refractivity contribution < 1.29 is 40.7 Å². The Balaban J connectivity index is 1.58. The highest BCUT2D eigenvalue weighted by molar-refractivity contribution is 7.89. The molecule has 1 aliphatic heterocycles. The number of alkyl halides is 3. The summed E-state index contributed by atoms with van der Waals surface area (Å²) < 4.78 is 74.9. The SMILES string of the molecule is O=C(CNS(=O)(=O)c1cc(C(F)(F)F)ccc1Cl)OCC(=O)c1ccc2c(c1)CCO2. The summed E-state index contributed by atoms with van der Waals surface area (Å²) in [5.41, 5.74) is -0.0681. The number of hydrogen-bond acceptors (Lipinski definition) is 6. The molecule has 31 heavy (non-hydrogen) atoms. The lowest BCUT2D eigenvalue weighted by molar-refractivity contribution is -0.141. The second-order valence-electron chi connectivity index (χ2n) is 6.47. The molecule has 1 N–H and O–H groups in total. The highest BCUT2D eigenvalue weighted by Gasteiger charge is 2.33. The van der Waals surface area contributed by atoms with Gasteiger partial charge in [-0.05, 0) is 42.0 Å². The van der Waals surface area contributed by atoms with Crippen LogP contribution in [0, 0.1) is 0 Å². The van der Waals surface area contributed by atoms with Gasteiger partial charge in [-0.3, -0.25) is 9.59 Å². The number of fused-ring (bicyclic) bond motifs is 1. The third-order valence-electron chi connectivity index (χ3n) is 4.33. The van der Waals surface area contributed by atoms with Crippen molar-refractivity contribution >= 4 is 33.4 Å². The normalized spacial score (nSPS) is 13.4. The van der Waals surface area contributed by atoms with Gasteiger partial charge in [-0.2, -0.15) is 17.9 Å².